The van der Waals surface area contributed by atoms with E-state index in [1.54, 1.807) is 7.11 Å². The van der Waals surface area contributed by atoms with Crippen LogP contribution in [0.3, 0.4) is 0 Å². The number of nitrogens with zero attached hydrogens (tertiary/aromatic N) is 1. The number of ether oxygens (including phenoxy) is 1. The largest absolute Gasteiger partial charge is 0.384 e. The Bertz CT molecular complexity index is 564. The molecule has 1 atom stereocenters. The minimum atomic E-state index is -0.0586. The van der Waals surface area contributed by atoms with Crippen LogP contribution in [0, 0.1) is 5.92 Å². The lowest BCUT2D eigenvalue weighted by Crippen LogP contribution is -2.25. The molecule has 2 heterocycles. The average molecular weight is 267 g/mol. The SMILES string of the molecule is COCC(C)CNCc1nc2ccsc2c(=O)[nH]1. The van der Waals surface area contributed by atoms with Crippen molar-refractivity contribution in [2.24, 2.45) is 5.92 Å². The lowest BCUT2D eigenvalue weighted by atomic mass is 10.2. The number of thiophene rings is 1. The molecule has 2 N–H and O–H groups in total. The fraction of sp³-hybridized carbons (Fsp3) is 0.500. The number of nitrogens with one attached hydrogen (secondary N) is 2. The molecule has 6 heteroatoms. The third-order valence-electron chi connectivity index (χ3n) is 2.60. The highest BCUT2D eigenvalue weighted by atomic mass is 32.1. The van der Waals surface area contributed by atoms with Crippen molar-refractivity contribution in [3.05, 3.63) is 27.6 Å². The molecule has 0 radical (unpaired) electrons. The van der Waals surface area contributed by atoms with Gasteiger partial charge >= 0.3 is 0 Å². The zero-order chi connectivity index (χ0) is 13.0. The molecule has 0 aromatic carbocycles. The summed E-state index contributed by atoms with van der Waals surface area (Å²) in [5.74, 6) is 1.11. The quantitative estimate of drug-likeness (QED) is 0.829. The summed E-state index contributed by atoms with van der Waals surface area (Å²) >= 11 is 1.41. The number of fused-ring (bicyclic) bond motifs is 1. The highest BCUT2D eigenvalue weighted by molar-refractivity contribution is 7.17. The van der Waals surface area contributed by atoms with Gasteiger partial charge in [-0.2, -0.15) is 0 Å². The van der Waals surface area contributed by atoms with E-state index in [1.165, 1.54) is 11.3 Å². The fourth-order valence-corrected chi connectivity index (χ4v) is 2.51. The second kappa shape index (κ2) is 6.08. The van der Waals surface area contributed by atoms with Gasteiger partial charge in [0.05, 0.1) is 12.1 Å². The number of aromatic amines is 1. The molecular weight excluding hydrogens is 250 g/mol. The minimum Gasteiger partial charge on any atom is -0.384 e. The van der Waals surface area contributed by atoms with Crippen LogP contribution in [0.1, 0.15) is 12.7 Å². The van der Waals surface area contributed by atoms with Crippen molar-refractivity contribution in [2.45, 2.75) is 13.5 Å². The van der Waals surface area contributed by atoms with E-state index in [-0.39, 0.29) is 5.56 Å². The molecule has 98 valence electrons. The van der Waals surface area contributed by atoms with Gasteiger partial charge in [0, 0.05) is 20.3 Å². The molecule has 2 rings (SSSR count). The third kappa shape index (κ3) is 3.16. The van der Waals surface area contributed by atoms with Gasteiger partial charge in [-0.15, -0.1) is 11.3 Å². The van der Waals surface area contributed by atoms with Crippen LogP contribution in [-0.4, -0.2) is 30.2 Å². The molecule has 0 fully saturated rings. The first-order valence-electron chi connectivity index (χ1n) is 5.86. The van der Waals surface area contributed by atoms with E-state index in [4.69, 9.17) is 4.74 Å². The summed E-state index contributed by atoms with van der Waals surface area (Å²) in [6.07, 6.45) is 0. The van der Waals surface area contributed by atoms with Crippen LogP contribution >= 0.6 is 11.3 Å². The maximum Gasteiger partial charge on any atom is 0.268 e. The molecule has 2 aromatic rings. The summed E-state index contributed by atoms with van der Waals surface area (Å²) < 4.78 is 5.75. The predicted molar refractivity (Wildman–Crippen MR) is 73.0 cm³/mol. The van der Waals surface area contributed by atoms with E-state index >= 15 is 0 Å². The zero-order valence-corrected chi connectivity index (χ0v) is 11.3. The normalized spacial score (nSPS) is 13.0. The summed E-state index contributed by atoms with van der Waals surface area (Å²) in [5, 5.41) is 5.14. The molecule has 0 amide bonds. The van der Waals surface area contributed by atoms with Gasteiger partial charge in [0.1, 0.15) is 10.5 Å². The van der Waals surface area contributed by atoms with Gasteiger partial charge in [0.15, 0.2) is 0 Å². The smallest absolute Gasteiger partial charge is 0.268 e. The lowest BCUT2D eigenvalue weighted by Gasteiger charge is -2.10. The number of rotatable bonds is 6. The molecule has 1 unspecified atom stereocenters. The second-order valence-corrected chi connectivity index (χ2v) is 5.26. The molecule has 0 aliphatic carbocycles. The van der Waals surface area contributed by atoms with Gasteiger partial charge in [-0.3, -0.25) is 4.79 Å². The lowest BCUT2D eigenvalue weighted by molar-refractivity contribution is 0.158. The Labute approximate surface area is 109 Å². The molecule has 0 spiro atoms. The van der Waals surface area contributed by atoms with Crippen molar-refractivity contribution >= 4 is 21.6 Å². The summed E-state index contributed by atoms with van der Waals surface area (Å²) in [6, 6.07) is 1.87. The van der Waals surface area contributed by atoms with Crippen molar-refractivity contribution in [1.29, 1.82) is 0 Å². The topological polar surface area (TPSA) is 67.0 Å². The van der Waals surface area contributed by atoms with Crippen LogP contribution < -0.4 is 10.9 Å². The van der Waals surface area contributed by atoms with E-state index in [0.717, 1.165) is 18.7 Å². The van der Waals surface area contributed by atoms with Gasteiger partial charge < -0.3 is 15.0 Å². The maximum atomic E-state index is 11.7. The molecule has 2 aromatic heterocycles. The Kier molecular flexibility index (Phi) is 4.46. The molecule has 18 heavy (non-hydrogen) atoms. The molecule has 0 aliphatic rings. The van der Waals surface area contributed by atoms with Crippen LogP contribution in [0.15, 0.2) is 16.2 Å². The Morgan fingerprint density at radius 2 is 2.44 bits per heavy atom. The molecule has 0 saturated carbocycles. The third-order valence-corrected chi connectivity index (χ3v) is 3.50. The summed E-state index contributed by atoms with van der Waals surface area (Å²) in [7, 11) is 1.69. The van der Waals surface area contributed by atoms with Crippen molar-refractivity contribution < 1.29 is 4.74 Å². The number of hydrogen-bond donors (Lipinski definition) is 2. The number of aromatic nitrogens is 2. The molecule has 0 saturated heterocycles. The highest BCUT2D eigenvalue weighted by Crippen LogP contribution is 2.13. The van der Waals surface area contributed by atoms with Gasteiger partial charge in [-0.25, -0.2) is 4.98 Å². The first-order chi connectivity index (χ1) is 8.70. The number of methoxy groups -OCH3 is 1. The van der Waals surface area contributed by atoms with Crippen LogP contribution in [0.4, 0.5) is 0 Å². The monoisotopic (exact) mass is 267 g/mol. The average Bonchev–Trinajstić information content (AvgIpc) is 2.78. The molecular formula is C12H17N3O2S. The first kappa shape index (κ1) is 13.2. The second-order valence-electron chi connectivity index (χ2n) is 4.34. The Morgan fingerprint density at radius 1 is 1.61 bits per heavy atom. The number of hydrogen-bond acceptors (Lipinski definition) is 5. The molecule has 5 nitrogen and oxygen atoms in total. The van der Waals surface area contributed by atoms with Gasteiger partial charge in [0.2, 0.25) is 0 Å². The maximum absolute atomic E-state index is 11.7. The van der Waals surface area contributed by atoms with E-state index in [1.807, 2.05) is 11.4 Å². The standard InChI is InChI=1S/C12H17N3O2S/c1-8(7-17-2)5-13-6-10-14-9-3-4-18-11(9)12(16)15-10/h3-4,8,13H,5-7H2,1-2H3,(H,14,15,16). The van der Waals surface area contributed by atoms with Crippen LogP contribution in [0.25, 0.3) is 10.2 Å². The predicted octanol–water partition coefficient (Wildman–Crippen LogP) is 1.36. The van der Waals surface area contributed by atoms with Gasteiger partial charge in [-0.1, -0.05) is 6.92 Å². The molecule has 0 aliphatic heterocycles. The molecule has 0 bridgehead atoms. The van der Waals surface area contributed by atoms with Gasteiger partial charge in [0.25, 0.3) is 5.56 Å². The van der Waals surface area contributed by atoms with Crippen LogP contribution in [-0.2, 0) is 11.3 Å². The first-order valence-corrected chi connectivity index (χ1v) is 6.74. The Morgan fingerprint density at radius 3 is 3.22 bits per heavy atom. The Balaban J connectivity index is 1.97. The number of H-pyrrole nitrogens is 1. The van der Waals surface area contributed by atoms with Crippen molar-refractivity contribution in [2.75, 3.05) is 20.3 Å². The van der Waals surface area contributed by atoms with E-state index in [0.29, 0.717) is 23.0 Å². The van der Waals surface area contributed by atoms with E-state index in [2.05, 4.69) is 22.2 Å². The highest BCUT2D eigenvalue weighted by Gasteiger charge is 2.05. The fourth-order valence-electron chi connectivity index (χ4n) is 1.79. The summed E-state index contributed by atoms with van der Waals surface area (Å²) in [6.45, 7) is 4.23. The summed E-state index contributed by atoms with van der Waals surface area (Å²) in [4.78, 5) is 18.9. The van der Waals surface area contributed by atoms with Crippen LogP contribution in [0.2, 0.25) is 0 Å². The van der Waals surface area contributed by atoms with Crippen molar-refractivity contribution in [1.82, 2.24) is 15.3 Å². The Hall–Kier alpha value is -1.24. The minimum absolute atomic E-state index is 0.0586. The van der Waals surface area contributed by atoms with Gasteiger partial charge in [-0.05, 0) is 17.4 Å². The van der Waals surface area contributed by atoms with Crippen LogP contribution in [0.5, 0.6) is 0 Å². The van der Waals surface area contributed by atoms with Crippen molar-refractivity contribution in [3.8, 4) is 0 Å². The summed E-state index contributed by atoms with van der Waals surface area (Å²) in [5.41, 5.74) is 0.710. The van der Waals surface area contributed by atoms with Crippen molar-refractivity contribution in [3.63, 3.8) is 0 Å². The van der Waals surface area contributed by atoms with E-state index in [9.17, 15) is 4.79 Å². The zero-order valence-electron chi connectivity index (χ0n) is 10.5. The van der Waals surface area contributed by atoms with E-state index < -0.39 is 0 Å².